The number of hydrogen-bond donors (Lipinski definition) is 0. The van der Waals surface area contributed by atoms with Crippen molar-refractivity contribution in [2.24, 2.45) is 0 Å². The fourth-order valence-corrected chi connectivity index (χ4v) is 27.7. The van der Waals surface area contributed by atoms with Crippen molar-refractivity contribution in [3.8, 4) is 0 Å². The zero-order chi connectivity index (χ0) is 19.7. The molecule has 2 heterocycles. The van der Waals surface area contributed by atoms with Crippen molar-refractivity contribution in [1.29, 1.82) is 0 Å². The van der Waals surface area contributed by atoms with Gasteiger partial charge in [0.2, 0.25) is 0 Å². The first-order chi connectivity index (χ1) is 12.5. The Hall–Kier alpha value is 0.727. The summed E-state index contributed by atoms with van der Waals surface area (Å²) in [5.41, 5.74) is 3.28. The van der Waals surface area contributed by atoms with Crippen LogP contribution in [-0.2, 0) is 15.9 Å². The summed E-state index contributed by atoms with van der Waals surface area (Å²) >= 11 is -4.24. The van der Waals surface area contributed by atoms with Crippen LogP contribution < -0.4 is 0 Å². The summed E-state index contributed by atoms with van der Waals surface area (Å²) in [5, 5.41) is 3.36. The molecular weight excluding hydrogens is 483 g/mol. The van der Waals surface area contributed by atoms with Gasteiger partial charge in [-0.3, -0.25) is 0 Å². The second kappa shape index (κ2) is 6.61. The van der Waals surface area contributed by atoms with Crippen LogP contribution in [0, 0.1) is 0 Å². The number of halogens is 2. The average Bonchev–Trinajstić information content (AvgIpc) is 3.21. The Labute approximate surface area is 175 Å². The van der Waals surface area contributed by atoms with Gasteiger partial charge >= 0.3 is 177 Å². The summed E-state index contributed by atoms with van der Waals surface area (Å²) in [6, 6.07) is 2.82. The topological polar surface area (TPSA) is 0 Å². The molecule has 0 N–H and O–H groups in total. The fraction of sp³-hybridized carbons (Fsp3) is 0.591. The first-order valence-corrected chi connectivity index (χ1v) is 27.7. The molecule has 0 saturated carbocycles. The summed E-state index contributed by atoms with van der Waals surface area (Å²) in [7, 11) is 13.0. The van der Waals surface area contributed by atoms with Crippen LogP contribution in [0.4, 0.5) is 0 Å². The monoisotopic (exact) mass is 514 g/mol. The van der Waals surface area contributed by atoms with Crippen LogP contribution in [-0.4, -0.2) is 19.9 Å². The number of allylic oxidation sites excluding steroid dienone is 8. The Kier molecular flexibility index (Phi) is 5.14. The van der Waals surface area contributed by atoms with Gasteiger partial charge in [0.1, 0.15) is 0 Å². The summed E-state index contributed by atoms with van der Waals surface area (Å²) < 4.78 is 2.96. The van der Waals surface area contributed by atoms with Crippen LogP contribution in [0.5, 0.6) is 0 Å². The normalized spacial score (nSPS) is 32.0. The van der Waals surface area contributed by atoms with Gasteiger partial charge < -0.3 is 0 Å². The molecule has 0 saturated heterocycles. The SMILES string of the molecule is C[CH]=[Zr]([Cl])([Cl])([CH]1C=CC2=C1CCC[Si]2(C)C)[CH]1C=CC2=C1CCC[Si]2(C)C. The van der Waals surface area contributed by atoms with E-state index in [1.54, 1.807) is 21.5 Å². The van der Waals surface area contributed by atoms with Crippen molar-refractivity contribution in [2.75, 3.05) is 0 Å². The Morgan fingerprint density at radius 2 is 1.26 bits per heavy atom. The van der Waals surface area contributed by atoms with Crippen LogP contribution in [0.25, 0.3) is 0 Å². The molecule has 0 amide bonds. The zero-order valence-corrected chi connectivity index (χ0v) is 23.5. The zero-order valence-electron chi connectivity index (χ0n) is 17.5. The molecule has 4 aliphatic rings. The van der Waals surface area contributed by atoms with Crippen LogP contribution in [0.15, 0.2) is 45.8 Å². The van der Waals surface area contributed by atoms with Crippen molar-refractivity contribution in [3.63, 3.8) is 0 Å². The van der Waals surface area contributed by atoms with Crippen LogP contribution >= 0.6 is 17.0 Å². The average molecular weight is 517 g/mol. The molecule has 0 nitrogen and oxygen atoms in total. The third-order valence-electron chi connectivity index (χ3n) is 8.05. The Morgan fingerprint density at radius 1 is 0.852 bits per heavy atom. The van der Waals surface area contributed by atoms with Gasteiger partial charge in [-0.15, -0.1) is 0 Å². The van der Waals surface area contributed by atoms with Crippen LogP contribution in [0.2, 0.25) is 45.5 Å². The molecule has 2 unspecified atom stereocenters. The predicted octanol–water partition coefficient (Wildman–Crippen LogP) is 8.20. The second-order valence-electron chi connectivity index (χ2n) is 10.5. The van der Waals surface area contributed by atoms with Gasteiger partial charge in [0.15, 0.2) is 0 Å². The van der Waals surface area contributed by atoms with Crippen LogP contribution in [0.1, 0.15) is 32.6 Å². The predicted molar refractivity (Wildman–Crippen MR) is 126 cm³/mol. The van der Waals surface area contributed by atoms with E-state index in [1.807, 2.05) is 0 Å². The van der Waals surface area contributed by atoms with Crippen molar-refractivity contribution in [2.45, 2.75) is 78.1 Å². The molecule has 0 aromatic rings. The van der Waals surface area contributed by atoms with Crippen molar-refractivity contribution in [1.82, 2.24) is 0 Å². The van der Waals surface area contributed by atoms with E-state index in [0.29, 0.717) is 7.25 Å². The maximum absolute atomic E-state index is 7.80. The molecule has 0 spiro atoms. The van der Waals surface area contributed by atoms with E-state index in [-0.39, 0.29) is 0 Å². The van der Waals surface area contributed by atoms with Gasteiger partial charge in [-0.2, -0.15) is 0 Å². The van der Waals surface area contributed by atoms with Gasteiger partial charge in [0, 0.05) is 0 Å². The van der Waals surface area contributed by atoms with Crippen LogP contribution in [0.3, 0.4) is 0 Å². The molecule has 0 fully saturated rings. The fourth-order valence-electron chi connectivity index (χ4n) is 6.36. The summed E-state index contributed by atoms with van der Waals surface area (Å²) in [6.45, 7) is 12.3. The minimum absolute atomic E-state index is 0.315. The molecule has 0 aromatic heterocycles. The minimum atomic E-state index is -4.24. The third kappa shape index (κ3) is 3.09. The summed E-state index contributed by atoms with van der Waals surface area (Å²) in [4.78, 5) is 0. The second-order valence-corrected chi connectivity index (χ2v) is 41.8. The third-order valence-corrected chi connectivity index (χ3v) is 34.5. The Balaban J connectivity index is 1.84. The summed E-state index contributed by atoms with van der Waals surface area (Å²) in [5.74, 6) is 0. The molecule has 4 rings (SSSR count). The van der Waals surface area contributed by atoms with E-state index in [0.717, 1.165) is 0 Å². The van der Waals surface area contributed by atoms with E-state index in [4.69, 9.17) is 17.0 Å². The maximum atomic E-state index is 7.80. The van der Waals surface area contributed by atoms with E-state index in [2.05, 4.69) is 61.1 Å². The first-order valence-electron chi connectivity index (χ1n) is 10.7. The summed E-state index contributed by atoms with van der Waals surface area (Å²) in [6.07, 6.45) is 14.8. The van der Waals surface area contributed by atoms with Crippen molar-refractivity contribution in [3.05, 3.63) is 45.8 Å². The molecule has 2 aliphatic heterocycles. The number of rotatable bonds is 2. The molecule has 148 valence electrons. The molecule has 0 radical (unpaired) electrons. The van der Waals surface area contributed by atoms with Crippen molar-refractivity contribution >= 4 is 36.9 Å². The van der Waals surface area contributed by atoms with E-state index < -0.39 is 32.1 Å². The van der Waals surface area contributed by atoms with Gasteiger partial charge in [-0.05, 0) is 0 Å². The Morgan fingerprint density at radius 3 is 1.63 bits per heavy atom. The Bertz CT molecular complexity index is 816. The quantitative estimate of drug-likeness (QED) is 0.325. The van der Waals surface area contributed by atoms with E-state index in [9.17, 15) is 0 Å². The molecular formula is C22H34Cl2Si2Zr. The molecule has 0 aromatic carbocycles. The van der Waals surface area contributed by atoms with E-state index in [1.165, 1.54) is 37.8 Å². The van der Waals surface area contributed by atoms with Gasteiger partial charge in [-0.25, -0.2) is 0 Å². The molecule has 27 heavy (non-hydrogen) atoms. The standard InChI is InChI=1S/2C10H15Si.C2H4.2ClH.Zr/c2*1-11(2)8-4-6-9-5-3-7-10(9)11;1-2;;;/h2*3,5,7H,4,6,8H2,1-2H3;1H,2H3;2*1H;/q;;;;;+2/p-2. The first kappa shape index (κ1) is 21.0. The molecule has 0 bridgehead atoms. The van der Waals surface area contributed by atoms with Gasteiger partial charge in [0.25, 0.3) is 0 Å². The molecule has 5 heteroatoms. The van der Waals surface area contributed by atoms with Crippen molar-refractivity contribution < 1.29 is 15.9 Å². The van der Waals surface area contributed by atoms with Gasteiger partial charge in [-0.1, -0.05) is 0 Å². The molecule has 2 aliphatic carbocycles. The van der Waals surface area contributed by atoms with E-state index >= 15 is 0 Å². The number of hydrogen-bond acceptors (Lipinski definition) is 0. The molecule has 2 atom stereocenters. The van der Waals surface area contributed by atoms with Gasteiger partial charge in [0.05, 0.1) is 0 Å².